The standard InChI is InChI=1S/C20H24N2O2/c1-4-16-9-11-17(12-10-16)13-21-24-14-20(23)22-19-8-6-5-7-18(19)15(2)3/h5-13,15H,4,14H2,1-3H3,(H,22,23)/b21-13-. The fourth-order valence-corrected chi connectivity index (χ4v) is 2.33. The predicted octanol–water partition coefficient (Wildman–Crippen LogP) is 4.36. The first-order valence-corrected chi connectivity index (χ1v) is 8.23. The third kappa shape index (κ3) is 5.23. The molecule has 0 fully saturated rings. The van der Waals surface area contributed by atoms with Crippen molar-refractivity contribution in [2.24, 2.45) is 5.16 Å². The minimum absolute atomic E-state index is 0.115. The second kappa shape index (κ2) is 8.87. The summed E-state index contributed by atoms with van der Waals surface area (Å²) in [5.74, 6) is 0.119. The Morgan fingerprint density at radius 1 is 1.17 bits per heavy atom. The molecule has 0 saturated heterocycles. The molecule has 0 spiro atoms. The van der Waals surface area contributed by atoms with Crippen LogP contribution in [0.3, 0.4) is 0 Å². The monoisotopic (exact) mass is 324 g/mol. The number of benzene rings is 2. The van der Waals surface area contributed by atoms with E-state index in [-0.39, 0.29) is 12.5 Å². The van der Waals surface area contributed by atoms with Crippen molar-refractivity contribution in [3.63, 3.8) is 0 Å². The van der Waals surface area contributed by atoms with Gasteiger partial charge in [0.15, 0.2) is 6.61 Å². The van der Waals surface area contributed by atoms with Crippen molar-refractivity contribution >= 4 is 17.8 Å². The van der Waals surface area contributed by atoms with Gasteiger partial charge in [-0.1, -0.05) is 68.4 Å². The SMILES string of the molecule is CCc1ccc(/C=N\OCC(=O)Nc2ccccc2C(C)C)cc1. The first kappa shape index (κ1) is 17.7. The van der Waals surface area contributed by atoms with Crippen LogP contribution in [0, 0.1) is 0 Å². The third-order valence-corrected chi connectivity index (χ3v) is 3.72. The highest BCUT2D eigenvalue weighted by molar-refractivity contribution is 5.92. The zero-order valence-corrected chi connectivity index (χ0v) is 14.5. The second-order valence-electron chi connectivity index (χ2n) is 5.89. The highest BCUT2D eigenvalue weighted by Crippen LogP contribution is 2.23. The van der Waals surface area contributed by atoms with E-state index in [1.54, 1.807) is 6.21 Å². The zero-order valence-electron chi connectivity index (χ0n) is 14.5. The molecule has 0 radical (unpaired) electrons. The van der Waals surface area contributed by atoms with Gasteiger partial charge in [-0.3, -0.25) is 4.79 Å². The predicted molar refractivity (Wildman–Crippen MR) is 98.5 cm³/mol. The van der Waals surface area contributed by atoms with Gasteiger partial charge in [0.1, 0.15) is 0 Å². The lowest BCUT2D eigenvalue weighted by Crippen LogP contribution is -2.18. The number of hydrogen-bond donors (Lipinski definition) is 1. The average Bonchev–Trinajstić information content (AvgIpc) is 2.59. The van der Waals surface area contributed by atoms with Crippen LogP contribution in [0.5, 0.6) is 0 Å². The second-order valence-corrected chi connectivity index (χ2v) is 5.89. The van der Waals surface area contributed by atoms with E-state index in [0.29, 0.717) is 5.92 Å². The number of hydrogen-bond acceptors (Lipinski definition) is 3. The van der Waals surface area contributed by atoms with Gasteiger partial charge in [-0.15, -0.1) is 0 Å². The molecule has 1 amide bonds. The van der Waals surface area contributed by atoms with Crippen LogP contribution in [0.25, 0.3) is 0 Å². The van der Waals surface area contributed by atoms with Crippen molar-refractivity contribution in [1.82, 2.24) is 0 Å². The summed E-state index contributed by atoms with van der Waals surface area (Å²) >= 11 is 0. The van der Waals surface area contributed by atoms with Crippen molar-refractivity contribution in [3.8, 4) is 0 Å². The summed E-state index contributed by atoms with van der Waals surface area (Å²) in [6, 6.07) is 15.8. The van der Waals surface area contributed by atoms with Gasteiger partial charge in [-0.25, -0.2) is 0 Å². The lowest BCUT2D eigenvalue weighted by Gasteiger charge is -2.13. The molecule has 0 aromatic heterocycles. The van der Waals surface area contributed by atoms with Gasteiger partial charge in [0.25, 0.3) is 5.91 Å². The number of oxime groups is 1. The van der Waals surface area contributed by atoms with Crippen LogP contribution in [0.15, 0.2) is 53.7 Å². The van der Waals surface area contributed by atoms with Crippen LogP contribution in [-0.2, 0) is 16.1 Å². The van der Waals surface area contributed by atoms with Gasteiger partial charge >= 0.3 is 0 Å². The summed E-state index contributed by atoms with van der Waals surface area (Å²) in [6.07, 6.45) is 2.61. The summed E-state index contributed by atoms with van der Waals surface area (Å²) < 4.78 is 0. The molecule has 1 N–H and O–H groups in total. The maximum Gasteiger partial charge on any atom is 0.265 e. The molecule has 24 heavy (non-hydrogen) atoms. The molecule has 4 nitrogen and oxygen atoms in total. The Morgan fingerprint density at radius 2 is 1.88 bits per heavy atom. The number of anilines is 1. The van der Waals surface area contributed by atoms with Crippen LogP contribution in [-0.4, -0.2) is 18.7 Å². The molecule has 2 aromatic carbocycles. The van der Waals surface area contributed by atoms with E-state index in [1.165, 1.54) is 5.56 Å². The fraction of sp³-hybridized carbons (Fsp3) is 0.300. The number of nitrogens with one attached hydrogen (secondary N) is 1. The van der Waals surface area contributed by atoms with E-state index in [4.69, 9.17) is 4.84 Å². The van der Waals surface area contributed by atoms with Gasteiger partial charge in [0, 0.05) is 5.69 Å². The Bertz CT molecular complexity index is 691. The van der Waals surface area contributed by atoms with E-state index in [1.807, 2.05) is 36.4 Å². The van der Waals surface area contributed by atoms with E-state index < -0.39 is 0 Å². The molecule has 0 aliphatic rings. The lowest BCUT2D eigenvalue weighted by molar-refractivity contribution is -0.120. The molecule has 4 heteroatoms. The maximum atomic E-state index is 12.0. The van der Waals surface area contributed by atoms with Gasteiger partial charge in [0.2, 0.25) is 0 Å². The molecular weight excluding hydrogens is 300 g/mol. The molecule has 0 atom stereocenters. The Morgan fingerprint density at radius 3 is 2.54 bits per heavy atom. The molecule has 0 aliphatic carbocycles. The highest BCUT2D eigenvalue weighted by Gasteiger charge is 2.09. The van der Waals surface area contributed by atoms with Crippen molar-refractivity contribution in [3.05, 3.63) is 65.2 Å². The largest absolute Gasteiger partial charge is 0.386 e. The third-order valence-electron chi connectivity index (χ3n) is 3.72. The first-order chi connectivity index (χ1) is 11.6. The van der Waals surface area contributed by atoms with Gasteiger partial charge in [-0.2, -0.15) is 0 Å². The van der Waals surface area contributed by atoms with Crippen molar-refractivity contribution in [2.45, 2.75) is 33.1 Å². The fourth-order valence-electron chi connectivity index (χ4n) is 2.33. The van der Waals surface area contributed by atoms with Gasteiger partial charge in [-0.05, 0) is 35.1 Å². The number of para-hydroxylation sites is 1. The number of aryl methyl sites for hydroxylation is 1. The number of carbonyl (C=O) groups excluding carboxylic acids is 1. The zero-order chi connectivity index (χ0) is 17.4. The Hall–Kier alpha value is -2.62. The Balaban J connectivity index is 1.84. The molecule has 0 unspecified atom stereocenters. The summed E-state index contributed by atoms with van der Waals surface area (Å²) in [4.78, 5) is 17.1. The van der Waals surface area contributed by atoms with E-state index in [9.17, 15) is 4.79 Å². The minimum Gasteiger partial charge on any atom is -0.386 e. The molecular formula is C20H24N2O2. The van der Waals surface area contributed by atoms with Crippen LogP contribution >= 0.6 is 0 Å². The molecule has 0 bridgehead atoms. The van der Waals surface area contributed by atoms with Crippen molar-refractivity contribution in [2.75, 3.05) is 11.9 Å². The normalized spacial score (nSPS) is 11.0. The van der Waals surface area contributed by atoms with Crippen LogP contribution in [0.4, 0.5) is 5.69 Å². The minimum atomic E-state index is -0.221. The van der Waals surface area contributed by atoms with Crippen molar-refractivity contribution < 1.29 is 9.63 Å². The van der Waals surface area contributed by atoms with E-state index in [0.717, 1.165) is 23.2 Å². The van der Waals surface area contributed by atoms with Crippen molar-refractivity contribution in [1.29, 1.82) is 0 Å². The first-order valence-electron chi connectivity index (χ1n) is 8.23. The number of amides is 1. The lowest BCUT2D eigenvalue weighted by atomic mass is 10.0. The van der Waals surface area contributed by atoms with E-state index >= 15 is 0 Å². The number of nitrogens with zero attached hydrogens (tertiary/aromatic N) is 1. The Labute approximate surface area is 143 Å². The molecule has 2 rings (SSSR count). The Kier molecular flexibility index (Phi) is 6.55. The quantitative estimate of drug-likeness (QED) is 0.607. The number of rotatable bonds is 7. The molecule has 0 saturated carbocycles. The van der Waals surface area contributed by atoms with Crippen LogP contribution < -0.4 is 5.32 Å². The summed E-state index contributed by atoms with van der Waals surface area (Å²) in [7, 11) is 0. The maximum absolute atomic E-state index is 12.0. The van der Waals surface area contributed by atoms with E-state index in [2.05, 4.69) is 43.4 Å². The summed E-state index contributed by atoms with van der Waals surface area (Å²) in [6.45, 7) is 6.18. The number of carbonyl (C=O) groups is 1. The van der Waals surface area contributed by atoms with Crippen LogP contribution in [0.1, 0.15) is 43.4 Å². The summed E-state index contributed by atoms with van der Waals surface area (Å²) in [5.41, 5.74) is 4.14. The van der Waals surface area contributed by atoms with Gasteiger partial charge in [0.05, 0.1) is 6.21 Å². The summed E-state index contributed by atoms with van der Waals surface area (Å²) in [5, 5.41) is 6.72. The van der Waals surface area contributed by atoms with Gasteiger partial charge < -0.3 is 10.2 Å². The topological polar surface area (TPSA) is 50.7 Å². The molecule has 0 aliphatic heterocycles. The highest BCUT2D eigenvalue weighted by atomic mass is 16.6. The average molecular weight is 324 g/mol. The van der Waals surface area contributed by atoms with Crippen LogP contribution in [0.2, 0.25) is 0 Å². The molecule has 126 valence electrons. The smallest absolute Gasteiger partial charge is 0.265 e. The molecule has 0 heterocycles. The molecule has 2 aromatic rings.